The number of morpholine rings is 1. The third kappa shape index (κ3) is 4.49. The summed E-state index contributed by atoms with van der Waals surface area (Å²) >= 11 is 7.69. The second kappa shape index (κ2) is 9.21. The minimum absolute atomic E-state index is 0.199. The Morgan fingerprint density at radius 2 is 2.03 bits per heavy atom. The number of ether oxygens (including phenoxy) is 2. The van der Waals surface area contributed by atoms with Gasteiger partial charge in [-0.1, -0.05) is 13.3 Å². The van der Waals surface area contributed by atoms with E-state index >= 15 is 0 Å². The lowest BCUT2D eigenvalue weighted by atomic mass is 9.90. The summed E-state index contributed by atoms with van der Waals surface area (Å²) in [7, 11) is 0. The van der Waals surface area contributed by atoms with Crippen LogP contribution in [-0.4, -0.2) is 72.1 Å². The van der Waals surface area contributed by atoms with Crippen molar-refractivity contribution < 1.29 is 19.4 Å². The number of aromatic nitrogens is 2. The number of thiophene rings is 1. The Morgan fingerprint density at radius 3 is 2.73 bits per heavy atom. The molecule has 2 aliphatic rings. The molecule has 0 bridgehead atoms. The maximum atomic E-state index is 12.2. The monoisotopic (exact) mass is 454 g/mol. The van der Waals surface area contributed by atoms with Gasteiger partial charge in [-0.25, -0.2) is 9.78 Å². The first-order chi connectivity index (χ1) is 14.5. The van der Waals surface area contributed by atoms with E-state index in [0.717, 1.165) is 46.8 Å². The van der Waals surface area contributed by atoms with Crippen molar-refractivity contribution in [3.05, 3.63) is 16.2 Å². The van der Waals surface area contributed by atoms with Crippen molar-refractivity contribution in [2.45, 2.75) is 38.2 Å². The lowest BCUT2D eigenvalue weighted by Gasteiger charge is -2.37. The van der Waals surface area contributed by atoms with Crippen molar-refractivity contribution in [1.82, 2.24) is 14.9 Å². The van der Waals surface area contributed by atoms with Crippen LogP contribution >= 0.6 is 22.9 Å². The van der Waals surface area contributed by atoms with Crippen molar-refractivity contribution in [3.63, 3.8) is 0 Å². The molecule has 0 spiro atoms. The van der Waals surface area contributed by atoms with Crippen LogP contribution in [0.3, 0.4) is 0 Å². The van der Waals surface area contributed by atoms with Gasteiger partial charge in [-0.2, -0.15) is 4.98 Å². The maximum absolute atomic E-state index is 12.2. The lowest BCUT2D eigenvalue weighted by Crippen LogP contribution is -2.45. The van der Waals surface area contributed by atoms with E-state index in [1.165, 1.54) is 11.3 Å². The average Bonchev–Trinajstić information content (AvgIpc) is 3.19. The van der Waals surface area contributed by atoms with Gasteiger partial charge in [-0.15, -0.1) is 11.3 Å². The second-order valence-corrected chi connectivity index (χ2v) is 9.12. The fraction of sp³-hybridized carbons (Fsp3) is 0.650. The molecule has 10 heteroatoms. The number of unbranched alkanes of at least 4 members (excludes halogenated alkanes) is 1. The number of fused-ring (bicyclic) bond motifs is 1. The molecule has 2 aromatic heterocycles. The normalized spacial score (nSPS) is 19.3. The number of hydrogen-bond donors (Lipinski definition) is 1. The molecule has 0 radical (unpaired) electrons. The summed E-state index contributed by atoms with van der Waals surface area (Å²) in [6.45, 7) is 6.20. The number of nitrogens with zero attached hydrogens (tertiary/aromatic N) is 4. The predicted octanol–water partition coefficient (Wildman–Crippen LogP) is 3.40. The SMILES string of the molecule is CCCCOC(=O)N1CCC(O)(c2cc3nc(Cl)nc(N4CCOCC4)c3s2)CC1. The second-order valence-electron chi connectivity index (χ2n) is 7.73. The molecule has 0 aromatic carbocycles. The van der Waals surface area contributed by atoms with E-state index < -0.39 is 5.60 Å². The molecule has 30 heavy (non-hydrogen) atoms. The Kier molecular flexibility index (Phi) is 6.62. The van der Waals surface area contributed by atoms with E-state index in [1.807, 2.05) is 6.07 Å². The van der Waals surface area contributed by atoms with Crippen LogP contribution in [0.5, 0.6) is 0 Å². The maximum Gasteiger partial charge on any atom is 0.409 e. The molecule has 4 rings (SSSR count). The molecule has 2 fully saturated rings. The van der Waals surface area contributed by atoms with E-state index in [4.69, 9.17) is 21.1 Å². The first-order valence-electron chi connectivity index (χ1n) is 10.4. The summed E-state index contributed by atoms with van der Waals surface area (Å²) in [6.07, 6.45) is 2.46. The number of hydrogen-bond acceptors (Lipinski definition) is 8. The molecule has 0 unspecified atom stereocenters. The van der Waals surface area contributed by atoms with Crippen molar-refractivity contribution in [1.29, 1.82) is 0 Å². The van der Waals surface area contributed by atoms with Gasteiger partial charge in [0.05, 0.1) is 30.0 Å². The van der Waals surface area contributed by atoms with E-state index in [2.05, 4.69) is 21.8 Å². The fourth-order valence-corrected chi connectivity index (χ4v) is 5.24. The van der Waals surface area contributed by atoms with Crippen molar-refractivity contribution in [3.8, 4) is 0 Å². The standard InChI is InChI=1S/C20H27ClN4O4S/c1-2-3-10-29-19(26)25-6-4-20(27,5-7-25)15-13-14-16(30-15)17(23-18(21)22-14)24-8-11-28-12-9-24/h13,27H,2-12H2,1H3. The summed E-state index contributed by atoms with van der Waals surface area (Å²) in [4.78, 5) is 25.7. The van der Waals surface area contributed by atoms with Crippen LogP contribution in [-0.2, 0) is 15.1 Å². The highest BCUT2D eigenvalue weighted by molar-refractivity contribution is 7.19. The highest BCUT2D eigenvalue weighted by Crippen LogP contribution is 2.42. The summed E-state index contributed by atoms with van der Waals surface area (Å²) in [5.74, 6) is 0.796. The van der Waals surface area contributed by atoms with Gasteiger partial charge >= 0.3 is 6.09 Å². The van der Waals surface area contributed by atoms with Gasteiger partial charge in [0.2, 0.25) is 5.28 Å². The number of likely N-dealkylation sites (tertiary alicyclic amines) is 1. The Bertz CT molecular complexity index is 894. The first kappa shape index (κ1) is 21.5. The highest BCUT2D eigenvalue weighted by atomic mass is 35.5. The predicted molar refractivity (Wildman–Crippen MR) is 116 cm³/mol. The molecular formula is C20H27ClN4O4S. The molecule has 4 heterocycles. The van der Waals surface area contributed by atoms with Gasteiger partial charge in [0.1, 0.15) is 5.60 Å². The van der Waals surface area contributed by atoms with Gasteiger partial charge < -0.3 is 24.4 Å². The van der Waals surface area contributed by atoms with Gasteiger partial charge in [0.25, 0.3) is 0 Å². The zero-order chi connectivity index (χ0) is 21.1. The zero-order valence-corrected chi connectivity index (χ0v) is 18.7. The van der Waals surface area contributed by atoms with Crippen LogP contribution in [0, 0.1) is 0 Å². The summed E-state index contributed by atoms with van der Waals surface area (Å²) in [5, 5.41) is 11.5. The number of rotatable bonds is 5. The van der Waals surface area contributed by atoms with Crippen LogP contribution < -0.4 is 4.90 Å². The number of carbonyl (C=O) groups excluding carboxylic acids is 1. The molecule has 164 valence electrons. The largest absolute Gasteiger partial charge is 0.449 e. The van der Waals surface area contributed by atoms with Crippen LogP contribution in [0.1, 0.15) is 37.5 Å². The number of amides is 1. The van der Waals surface area contributed by atoms with Crippen molar-refractivity contribution in [2.75, 3.05) is 50.9 Å². The summed E-state index contributed by atoms with van der Waals surface area (Å²) < 4.78 is 11.7. The van der Waals surface area contributed by atoms with Gasteiger partial charge in [-0.05, 0) is 36.9 Å². The molecule has 1 amide bonds. The molecule has 0 saturated carbocycles. The molecule has 2 aliphatic heterocycles. The van der Waals surface area contributed by atoms with Gasteiger partial charge in [-0.3, -0.25) is 0 Å². The Balaban J connectivity index is 1.51. The first-order valence-corrected chi connectivity index (χ1v) is 11.6. The number of anilines is 1. The number of carbonyl (C=O) groups is 1. The van der Waals surface area contributed by atoms with Crippen LogP contribution in [0.4, 0.5) is 10.6 Å². The highest BCUT2D eigenvalue weighted by Gasteiger charge is 2.38. The van der Waals surface area contributed by atoms with E-state index in [9.17, 15) is 9.90 Å². The average molecular weight is 455 g/mol. The molecule has 2 aromatic rings. The van der Waals surface area contributed by atoms with E-state index in [0.29, 0.717) is 45.8 Å². The molecule has 0 atom stereocenters. The number of piperidine rings is 1. The lowest BCUT2D eigenvalue weighted by molar-refractivity contribution is -0.0220. The fourth-order valence-electron chi connectivity index (χ4n) is 3.81. The minimum atomic E-state index is -1.000. The van der Waals surface area contributed by atoms with Crippen LogP contribution in [0.25, 0.3) is 10.2 Å². The Labute approximate surface area is 184 Å². The van der Waals surface area contributed by atoms with Crippen LogP contribution in [0.2, 0.25) is 5.28 Å². The van der Waals surface area contributed by atoms with E-state index in [1.54, 1.807) is 4.90 Å². The van der Waals surface area contributed by atoms with Crippen molar-refractivity contribution in [2.24, 2.45) is 0 Å². The zero-order valence-electron chi connectivity index (χ0n) is 17.1. The topological polar surface area (TPSA) is 88.0 Å². The van der Waals surface area contributed by atoms with Gasteiger partial charge in [0.15, 0.2) is 5.82 Å². The third-order valence-corrected chi connectivity index (χ3v) is 7.15. The number of aliphatic hydroxyl groups is 1. The smallest absolute Gasteiger partial charge is 0.409 e. The summed E-state index contributed by atoms with van der Waals surface area (Å²) in [6, 6.07) is 1.91. The molecular weight excluding hydrogens is 428 g/mol. The summed E-state index contributed by atoms with van der Waals surface area (Å²) in [5.41, 5.74) is -0.258. The molecule has 0 aliphatic carbocycles. The van der Waals surface area contributed by atoms with Crippen LogP contribution in [0.15, 0.2) is 6.07 Å². The molecule has 2 saturated heterocycles. The molecule has 8 nitrogen and oxygen atoms in total. The van der Waals surface area contributed by atoms with Gasteiger partial charge in [0, 0.05) is 31.1 Å². The minimum Gasteiger partial charge on any atom is -0.449 e. The quantitative estimate of drug-likeness (QED) is 0.547. The van der Waals surface area contributed by atoms with E-state index in [-0.39, 0.29) is 11.4 Å². The Hall–Kier alpha value is -1.68. The Morgan fingerprint density at radius 1 is 1.30 bits per heavy atom. The molecule has 1 N–H and O–H groups in total. The third-order valence-electron chi connectivity index (χ3n) is 5.67. The number of halogens is 1. The van der Waals surface area contributed by atoms with Crippen molar-refractivity contribution >= 4 is 45.1 Å².